The number of rotatable bonds is 4. The van der Waals surface area contributed by atoms with E-state index in [4.69, 9.17) is 9.47 Å². The second-order valence-corrected chi connectivity index (χ2v) is 4.81. The molecule has 1 atom stereocenters. The van der Waals surface area contributed by atoms with Gasteiger partial charge in [0.1, 0.15) is 12.7 Å². The molecule has 1 amide bonds. The number of hydrogen-bond acceptors (Lipinski definition) is 4. The lowest BCUT2D eigenvalue weighted by Gasteiger charge is -2.24. The van der Waals surface area contributed by atoms with Crippen molar-refractivity contribution in [3.05, 3.63) is 10.8 Å². The molecule has 1 aliphatic rings. The lowest BCUT2D eigenvalue weighted by Crippen LogP contribution is -2.40. The van der Waals surface area contributed by atoms with E-state index in [0.717, 1.165) is 0 Å². The fourth-order valence-electron chi connectivity index (χ4n) is 1.53. The Hall–Kier alpha value is -1.44. The Bertz CT molecular complexity index is 447. The summed E-state index contributed by atoms with van der Waals surface area (Å²) in [6.45, 7) is 0.398. The fraction of sp³-hybridized carbons (Fsp3) is 0.545. The minimum Gasteiger partial charge on any atom is -0.485 e. The summed E-state index contributed by atoms with van der Waals surface area (Å²) in [4.78, 5) is 11.2. The number of ether oxygens (including phenoxy) is 2. The van der Waals surface area contributed by atoms with Crippen LogP contribution in [0.4, 0.5) is 13.2 Å². The maximum atomic E-state index is 11.9. The molecule has 0 saturated heterocycles. The van der Waals surface area contributed by atoms with Crippen LogP contribution in [0.5, 0.6) is 11.5 Å². The third-order valence-corrected chi connectivity index (χ3v) is 3.17. The van der Waals surface area contributed by atoms with Crippen LogP contribution in [0.1, 0.15) is 12.8 Å². The van der Waals surface area contributed by atoms with E-state index in [1.807, 2.05) is 0 Å². The zero-order valence-electron chi connectivity index (χ0n) is 9.83. The summed E-state index contributed by atoms with van der Waals surface area (Å²) in [6.07, 6.45) is -6.37. The van der Waals surface area contributed by atoms with E-state index in [-0.39, 0.29) is 19.3 Å². The number of carbonyl (C=O) groups excluding carboxylic acids is 1. The summed E-state index contributed by atoms with van der Waals surface area (Å²) in [5, 5.41) is 5.98. The summed E-state index contributed by atoms with van der Waals surface area (Å²) < 4.78 is 46.6. The van der Waals surface area contributed by atoms with E-state index in [9.17, 15) is 18.0 Å². The van der Waals surface area contributed by atoms with Crippen LogP contribution in [0, 0.1) is 0 Å². The molecular weight excluding hydrogens is 283 g/mol. The van der Waals surface area contributed by atoms with E-state index in [0.29, 0.717) is 11.5 Å². The van der Waals surface area contributed by atoms with Gasteiger partial charge in [0, 0.05) is 17.2 Å². The molecule has 1 N–H and O–H groups in total. The maximum absolute atomic E-state index is 11.9. The fourth-order valence-corrected chi connectivity index (χ4v) is 2.20. The van der Waals surface area contributed by atoms with Gasteiger partial charge in [0.2, 0.25) is 5.91 Å². The highest BCUT2D eigenvalue weighted by atomic mass is 32.1. The highest BCUT2D eigenvalue weighted by Crippen LogP contribution is 2.35. The van der Waals surface area contributed by atoms with Crippen LogP contribution in [0.15, 0.2) is 10.8 Å². The third-order valence-electron chi connectivity index (χ3n) is 2.47. The Kier molecular flexibility index (Phi) is 4.18. The number of carbonyl (C=O) groups is 1. The Morgan fingerprint density at radius 1 is 1.42 bits per heavy atom. The number of thiophene rings is 1. The summed E-state index contributed by atoms with van der Waals surface area (Å²) in [5.41, 5.74) is 0. The predicted octanol–water partition coefficient (Wildman–Crippen LogP) is 2.35. The monoisotopic (exact) mass is 295 g/mol. The maximum Gasteiger partial charge on any atom is 0.389 e. The lowest BCUT2D eigenvalue weighted by molar-refractivity contribution is -0.144. The minimum atomic E-state index is -4.31. The second kappa shape index (κ2) is 5.68. The molecule has 0 bridgehead atoms. The van der Waals surface area contributed by atoms with E-state index < -0.39 is 24.9 Å². The Labute approximate surface area is 111 Å². The number of nitrogens with one attached hydrogen (secondary N) is 1. The van der Waals surface area contributed by atoms with Crippen molar-refractivity contribution in [3.8, 4) is 11.5 Å². The molecule has 0 fully saturated rings. The Balaban J connectivity index is 1.71. The molecule has 1 aromatic rings. The lowest BCUT2D eigenvalue weighted by atomic mass is 10.2. The van der Waals surface area contributed by atoms with Gasteiger partial charge in [0.05, 0.1) is 13.0 Å². The number of amides is 1. The molecule has 4 nitrogen and oxygen atoms in total. The van der Waals surface area contributed by atoms with Crippen molar-refractivity contribution in [3.63, 3.8) is 0 Å². The largest absolute Gasteiger partial charge is 0.485 e. The highest BCUT2D eigenvalue weighted by molar-refractivity contribution is 7.08. The average Bonchev–Trinajstić information content (AvgIpc) is 2.80. The standard InChI is InChI=1S/C11H12F3NO3S/c12-11(13,14)2-1-10(16)15-3-7-4-17-8-5-19-6-9(8)18-7/h5-7H,1-4H2,(H,15,16). The molecular formula is C11H12F3NO3S. The third kappa shape index (κ3) is 4.30. The summed E-state index contributed by atoms with van der Waals surface area (Å²) in [6, 6.07) is 0. The van der Waals surface area contributed by atoms with Gasteiger partial charge in [0.25, 0.3) is 0 Å². The van der Waals surface area contributed by atoms with Crippen molar-refractivity contribution in [2.75, 3.05) is 13.2 Å². The van der Waals surface area contributed by atoms with Gasteiger partial charge >= 0.3 is 6.18 Å². The molecule has 1 aliphatic heterocycles. The molecule has 19 heavy (non-hydrogen) atoms. The highest BCUT2D eigenvalue weighted by Gasteiger charge is 2.28. The Morgan fingerprint density at radius 2 is 2.16 bits per heavy atom. The zero-order valence-corrected chi connectivity index (χ0v) is 10.6. The topological polar surface area (TPSA) is 47.6 Å². The first-order chi connectivity index (χ1) is 8.94. The zero-order chi connectivity index (χ0) is 13.9. The van der Waals surface area contributed by atoms with Crippen molar-refractivity contribution in [1.82, 2.24) is 5.32 Å². The first-order valence-electron chi connectivity index (χ1n) is 5.63. The van der Waals surface area contributed by atoms with Crippen molar-refractivity contribution in [1.29, 1.82) is 0 Å². The number of hydrogen-bond donors (Lipinski definition) is 1. The van der Waals surface area contributed by atoms with E-state index in [1.165, 1.54) is 11.3 Å². The van der Waals surface area contributed by atoms with Crippen molar-refractivity contribution in [2.24, 2.45) is 0 Å². The molecule has 0 spiro atoms. The van der Waals surface area contributed by atoms with Crippen molar-refractivity contribution < 1.29 is 27.4 Å². The van der Waals surface area contributed by atoms with Gasteiger partial charge in [-0.25, -0.2) is 0 Å². The van der Waals surface area contributed by atoms with Crippen LogP contribution >= 0.6 is 11.3 Å². The second-order valence-electron chi connectivity index (χ2n) is 4.07. The number of fused-ring (bicyclic) bond motifs is 1. The van der Waals surface area contributed by atoms with E-state index in [1.54, 1.807) is 10.8 Å². The first-order valence-corrected chi connectivity index (χ1v) is 6.57. The van der Waals surface area contributed by atoms with Crippen LogP contribution in [-0.4, -0.2) is 31.3 Å². The van der Waals surface area contributed by atoms with Crippen LogP contribution in [0.25, 0.3) is 0 Å². The average molecular weight is 295 g/mol. The summed E-state index contributed by atoms with van der Waals surface area (Å²) >= 11 is 1.43. The Morgan fingerprint density at radius 3 is 2.89 bits per heavy atom. The molecule has 0 saturated carbocycles. The van der Waals surface area contributed by atoms with Crippen LogP contribution in [0.2, 0.25) is 0 Å². The van der Waals surface area contributed by atoms with Crippen LogP contribution < -0.4 is 14.8 Å². The van der Waals surface area contributed by atoms with Gasteiger partial charge in [-0.2, -0.15) is 13.2 Å². The SMILES string of the molecule is O=C(CCC(F)(F)F)NCC1COc2cscc2O1. The molecule has 8 heteroatoms. The van der Waals surface area contributed by atoms with Gasteiger partial charge in [-0.1, -0.05) is 0 Å². The molecule has 2 rings (SSSR count). The van der Waals surface area contributed by atoms with Crippen LogP contribution in [0.3, 0.4) is 0 Å². The molecule has 0 aromatic carbocycles. The number of halogens is 3. The summed E-state index contributed by atoms with van der Waals surface area (Å²) in [7, 11) is 0. The molecule has 0 aliphatic carbocycles. The summed E-state index contributed by atoms with van der Waals surface area (Å²) in [5.74, 6) is 0.618. The van der Waals surface area contributed by atoms with Crippen LogP contribution in [-0.2, 0) is 4.79 Å². The first kappa shape index (κ1) is 14.0. The molecule has 106 valence electrons. The van der Waals surface area contributed by atoms with Gasteiger partial charge in [-0.15, -0.1) is 11.3 Å². The molecule has 0 radical (unpaired) electrons. The van der Waals surface area contributed by atoms with Gasteiger partial charge in [0.15, 0.2) is 11.5 Å². The van der Waals surface area contributed by atoms with E-state index in [2.05, 4.69) is 5.32 Å². The predicted molar refractivity (Wildman–Crippen MR) is 62.5 cm³/mol. The van der Waals surface area contributed by atoms with Crippen molar-refractivity contribution in [2.45, 2.75) is 25.1 Å². The minimum absolute atomic E-state index is 0.131. The van der Waals surface area contributed by atoms with E-state index >= 15 is 0 Å². The molecule has 1 aromatic heterocycles. The number of alkyl halides is 3. The van der Waals surface area contributed by atoms with Crippen molar-refractivity contribution >= 4 is 17.2 Å². The molecule has 2 heterocycles. The van der Waals surface area contributed by atoms with Gasteiger partial charge in [-0.05, 0) is 0 Å². The molecule has 1 unspecified atom stereocenters. The smallest absolute Gasteiger partial charge is 0.389 e. The normalized spacial score (nSPS) is 18.2. The quantitative estimate of drug-likeness (QED) is 0.927. The van der Waals surface area contributed by atoms with Gasteiger partial charge in [-0.3, -0.25) is 4.79 Å². The van der Waals surface area contributed by atoms with Gasteiger partial charge < -0.3 is 14.8 Å².